The minimum atomic E-state index is -3.04. The number of nitrogens with zero attached hydrogens (tertiary/aromatic N) is 4. The fourth-order valence-electron chi connectivity index (χ4n) is 3.88. The molecule has 2 aliphatic heterocycles. The lowest BCUT2D eigenvalue weighted by atomic mass is 10.1. The van der Waals surface area contributed by atoms with Crippen LogP contribution in [0.2, 0.25) is 0 Å². The van der Waals surface area contributed by atoms with Gasteiger partial charge in [-0.25, -0.2) is 18.4 Å². The molecule has 1 fully saturated rings. The Balaban J connectivity index is 1.53. The maximum Gasteiger partial charge on any atom is 0.257 e. The molecule has 3 heterocycles. The lowest BCUT2D eigenvalue weighted by Gasteiger charge is -2.24. The number of hydrogen-bond acceptors (Lipinski definition) is 6. The van der Waals surface area contributed by atoms with Gasteiger partial charge in [0.15, 0.2) is 9.84 Å². The molecule has 1 aromatic carbocycles. The number of amides is 1. The van der Waals surface area contributed by atoms with E-state index in [0.29, 0.717) is 17.9 Å². The van der Waals surface area contributed by atoms with E-state index in [-0.39, 0.29) is 29.5 Å². The van der Waals surface area contributed by atoms with Gasteiger partial charge in [0, 0.05) is 37.2 Å². The first-order valence-electron chi connectivity index (χ1n) is 9.02. The Labute approximate surface area is 159 Å². The highest BCUT2D eigenvalue weighted by Crippen LogP contribution is 2.36. The van der Waals surface area contributed by atoms with Crippen LogP contribution in [0.4, 0.5) is 11.6 Å². The highest BCUT2D eigenvalue weighted by molar-refractivity contribution is 7.91. The number of rotatable bonds is 3. The summed E-state index contributed by atoms with van der Waals surface area (Å²) in [6.45, 7) is 2.12. The highest BCUT2D eigenvalue weighted by Gasteiger charge is 2.33. The van der Waals surface area contributed by atoms with Crippen molar-refractivity contribution in [2.24, 2.45) is 0 Å². The predicted octanol–water partition coefficient (Wildman–Crippen LogP) is 1.82. The second kappa shape index (κ2) is 6.60. The molecule has 1 saturated heterocycles. The predicted molar refractivity (Wildman–Crippen MR) is 103 cm³/mol. The van der Waals surface area contributed by atoms with Crippen molar-refractivity contribution in [2.45, 2.75) is 31.8 Å². The van der Waals surface area contributed by atoms with Crippen molar-refractivity contribution in [3.05, 3.63) is 47.8 Å². The summed E-state index contributed by atoms with van der Waals surface area (Å²) in [5.74, 6) is 0.473. The van der Waals surface area contributed by atoms with Crippen LogP contribution in [0.5, 0.6) is 0 Å². The van der Waals surface area contributed by atoms with Gasteiger partial charge in [-0.3, -0.25) is 4.79 Å². The van der Waals surface area contributed by atoms with Gasteiger partial charge in [-0.2, -0.15) is 0 Å². The number of carbonyl (C=O) groups excluding carboxylic acids is 1. The molecule has 27 heavy (non-hydrogen) atoms. The number of para-hydroxylation sites is 1. The molecule has 142 valence electrons. The Kier molecular flexibility index (Phi) is 4.38. The first-order chi connectivity index (χ1) is 12.9. The summed E-state index contributed by atoms with van der Waals surface area (Å²) in [6, 6.07) is 8.13. The second-order valence-electron chi connectivity index (χ2n) is 7.30. The standard InChI is InChI=1S/C19H22N4O3S/c1-13-9-14-5-3-4-6-17(14)23(13)19-20-10-15(11-21-19)18(24)22(2)16-7-8-27(25,26)12-16/h3-6,10-11,13,16H,7-9,12H2,1-2H3. The molecule has 0 bridgehead atoms. The average Bonchev–Trinajstić information content (AvgIpc) is 3.19. The summed E-state index contributed by atoms with van der Waals surface area (Å²) in [7, 11) is -1.40. The Hall–Kier alpha value is -2.48. The zero-order valence-corrected chi connectivity index (χ0v) is 16.2. The summed E-state index contributed by atoms with van der Waals surface area (Å²) in [4.78, 5) is 25.1. The molecule has 0 aliphatic carbocycles. The third-order valence-corrected chi connectivity index (χ3v) is 7.13. The number of hydrogen-bond donors (Lipinski definition) is 0. The van der Waals surface area contributed by atoms with Crippen molar-refractivity contribution in [2.75, 3.05) is 23.5 Å². The highest BCUT2D eigenvalue weighted by atomic mass is 32.2. The Morgan fingerprint density at radius 1 is 1.22 bits per heavy atom. The van der Waals surface area contributed by atoms with E-state index in [1.165, 1.54) is 22.9 Å². The van der Waals surface area contributed by atoms with Crippen LogP contribution in [0, 0.1) is 0 Å². The van der Waals surface area contributed by atoms with Crippen LogP contribution in [0.15, 0.2) is 36.7 Å². The van der Waals surface area contributed by atoms with Crippen LogP contribution in [-0.2, 0) is 16.3 Å². The maximum atomic E-state index is 12.7. The first kappa shape index (κ1) is 17.9. The molecule has 2 aromatic rings. The number of aromatic nitrogens is 2. The van der Waals surface area contributed by atoms with Gasteiger partial charge in [-0.1, -0.05) is 18.2 Å². The van der Waals surface area contributed by atoms with Gasteiger partial charge in [-0.15, -0.1) is 0 Å². The minimum absolute atomic E-state index is 0.0241. The van der Waals surface area contributed by atoms with Crippen molar-refractivity contribution in [3.8, 4) is 0 Å². The SMILES string of the molecule is CC1Cc2ccccc2N1c1ncc(C(=O)N(C)C2CCS(=O)(=O)C2)cn1. The Morgan fingerprint density at radius 2 is 1.93 bits per heavy atom. The molecule has 8 heteroatoms. The van der Waals surface area contributed by atoms with Crippen LogP contribution in [0.1, 0.15) is 29.3 Å². The fourth-order valence-corrected chi connectivity index (χ4v) is 5.65. The van der Waals surface area contributed by atoms with Crippen molar-refractivity contribution in [3.63, 3.8) is 0 Å². The summed E-state index contributed by atoms with van der Waals surface area (Å²) in [5, 5.41) is 0. The van der Waals surface area contributed by atoms with E-state index < -0.39 is 9.84 Å². The van der Waals surface area contributed by atoms with Crippen molar-refractivity contribution < 1.29 is 13.2 Å². The summed E-state index contributed by atoms with van der Waals surface area (Å²) < 4.78 is 23.3. The van der Waals surface area contributed by atoms with Crippen LogP contribution in [0.3, 0.4) is 0 Å². The molecule has 2 aliphatic rings. The third kappa shape index (κ3) is 3.29. The quantitative estimate of drug-likeness (QED) is 0.800. The fraction of sp³-hybridized carbons (Fsp3) is 0.421. The number of sulfone groups is 1. The normalized spacial score (nSPS) is 23.3. The summed E-state index contributed by atoms with van der Waals surface area (Å²) in [5.41, 5.74) is 2.72. The first-order valence-corrected chi connectivity index (χ1v) is 10.8. The molecular weight excluding hydrogens is 364 g/mol. The van der Waals surface area contributed by atoms with E-state index in [0.717, 1.165) is 12.1 Å². The van der Waals surface area contributed by atoms with Gasteiger partial charge in [-0.05, 0) is 31.4 Å². The number of anilines is 2. The molecule has 0 saturated carbocycles. The number of benzene rings is 1. The number of fused-ring (bicyclic) bond motifs is 1. The minimum Gasteiger partial charge on any atom is -0.338 e. The lowest BCUT2D eigenvalue weighted by molar-refractivity contribution is 0.0747. The average molecular weight is 386 g/mol. The van der Waals surface area contributed by atoms with Gasteiger partial charge in [0.2, 0.25) is 5.95 Å². The Morgan fingerprint density at radius 3 is 2.59 bits per heavy atom. The van der Waals surface area contributed by atoms with Gasteiger partial charge in [0.1, 0.15) is 0 Å². The summed E-state index contributed by atoms with van der Waals surface area (Å²) in [6.07, 6.45) is 4.46. The van der Waals surface area contributed by atoms with E-state index in [4.69, 9.17) is 0 Å². The largest absolute Gasteiger partial charge is 0.338 e. The van der Waals surface area contributed by atoms with Crippen LogP contribution >= 0.6 is 0 Å². The van der Waals surface area contributed by atoms with E-state index in [2.05, 4.69) is 33.9 Å². The molecule has 0 spiro atoms. The van der Waals surface area contributed by atoms with E-state index in [1.54, 1.807) is 7.05 Å². The molecule has 2 unspecified atom stereocenters. The molecule has 4 rings (SSSR count). The van der Waals surface area contributed by atoms with Crippen LogP contribution < -0.4 is 4.90 Å². The van der Waals surface area contributed by atoms with Crippen molar-refractivity contribution in [1.82, 2.24) is 14.9 Å². The summed E-state index contributed by atoms with van der Waals surface area (Å²) >= 11 is 0. The molecule has 0 radical (unpaired) electrons. The number of carbonyl (C=O) groups is 1. The second-order valence-corrected chi connectivity index (χ2v) is 9.53. The van der Waals surface area contributed by atoms with E-state index >= 15 is 0 Å². The molecule has 1 amide bonds. The molecule has 0 N–H and O–H groups in total. The molecule has 7 nitrogen and oxygen atoms in total. The smallest absolute Gasteiger partial charge is 0.257 e. The molecule has 2 atom stereocenters. The van der Waals surface area contributed by atoms with Gasteiger partial charge in [0.25, 0.3) is 5.91 Å². The molecular formula is C19H22N4O3S. The topological polar surface area (TPSA) is 83.5 Å². The Bertz CT molecular complexity index is 975. The third-order valence-electron chi connectivity index (χ3n) is 5.38. The van der Waals surface area contributed by atoms with Gasteiger partial charge < -0.3 is 9.80 Å². The zero-order chi connectivity index (χ0) is 19.2. The van der Waals surface area contributed by atoms with E-state index in [1.807, 2.05) is 12.1 Å². The van der Waals surface area contributed by atoms with Crippen LogP contribution in [-0.4, -0.2) is 59.8 Å². The van der Waals surface area contributed by atoms with E-state index in [9.17, 15) is 13.2 Å². The van der Waals surface area contributed by atoms with Gasteiger partial charge in [0.05, 0.1) is 17.1 Å². The van der Waals surface area contributed by atoms with Gasteiger partial charge >= 0.3 is 0 Å². The van der Waals surface area contributed by atoms with Crippen LogP contribution in [0.25, 0.3) is 0 Å². The monoisotopic (exact) mass is 386 g/mol. The zero-order valence-electron chi connectivity index (χ0n) is 15.4. The maximum absolute atomic E-state index is 12.7. The lowest BCUT2D eigenvalue weighted by Crippen LogP contribution is -2.38. The van der Waals surface area contributed by atoms with Crippen molar-refractivity contribution >= 4 is 27.4 Å². The molecule has 1 aromatic heterocycles. The van der Waals surface area contributed by atoms with Crippen molar-refractivity contribution in [1.29, 1.82) is 0 Å².